The lowest BCUT2D eigenvalue weighted by molar-refractivity contribution is 0.434. The van der Waals surface area contributed by atoms with Crippen LogP contribution in [0.2, 0.25) is 0 Å². The zero-order valence-electron chi connectivity index (χ0n) is 22.0. The van der Waals surface area contributed by atoms with Crippen LogP contribution in [0.4, 0.5) is 0 Å². The molecule has 175 valence electrons. The summed E-state index contributed by atoms with van der Waals surface area (Å²) >= 11 is -0.780. The molecule has 2 aromatic carbocycles. The Balaban J connectivity index is 2.19. The number of aryl methyl sites for hydroxylation is 2. The van der Waals surface area contributed by atoms with Gasteiger partial charge in [0.05, 0.1) is 23.6 Å². The van der Waals surface area contributed by atoms with Crippen molar-refractivity contribution in [2.45, 2.75) is 85.6 Å². The Bertz CT molecular complexity index is 1090. The van der Waals surface area contributed by atoms with E-state index in [2.05, 4.69) is 93.5 Å². The van der Waals surface area contributed by atoms with Gasteiger partial charge in [-0.15, -0.1) is 0 Å². The van der Waals surface area contributed by atoms with E-state index in [1.165, 1.54) is 22.3 Å². The fraction of sp³-hybridized carbons (Fsp3) is 0.500. The summed E-state index contributed by atoms with van der Waals surface area (Å²) in [7, 11) is 0. The molecule has 4 nitrogen and oxygen atoms in total. The maximum absolute atomic E-state index is 6.46. The van der Waals surface area contributed by atoms with Gasteiger partial charge in [0.25, 0.3) is 0 Å². The lowest BCUT2D eigenvalue weighted by Crippen LogP contribution is -2.22. The predicted molar refractivity (Wildman–Crippen MR) is 141 cm³/mol. The summed E-state index contributed by atoms with van der Waals surface area (Å²) < 4.78 is 12.9. The number of rotatable bonds is 0. The van der Waals surface area contributed by atoms with Crippen molar-refractivity contribution in [2.24, 2.45) is 9.98 Å². The van der Waals surface area contributed by atoms with Gasteiger partial charge in [-0.05, 0) is 72.9 Å². The van der Waals surface area contributed by atoms with E-state index in [0.717, 1.165) is 22.6 Å². The largest absolute Gasteiger partial charge is 0.881 e. The van der Waals surface area contributed by atoms with Crippen LogP contribution in [0, 0.1) is 13.8 Å². The van der Waals surface area contributed by atoms with E-state index in [0.29, 0.717) is 6.54 Å². The van der Waals surface area contributed by atoms with E-state index in [1.807, 2.05) is 12.4 Å². The summed E-state index contributed by atoms with van der Waals surface area (Å²) in [5, 5.41) is 0. The lowest BCUT2D eigenvalue weighted by Gasteiger charge is -2.27. The molecule has 2 aromatic rings. The minimum atomic E-state index is -0.780. The van der Waals surface area contributed by atoms with Crippen LogP contribution in [0.1, 0.15) is 88.8 Å². The number of hydrogen-bond donors (Lipinski definition) is 0. The molecule has 0 atom stereocenters. The summed E-state index contributed by atoms with van der Waals surface area (Å²) in [5.74, 6) is 1.74. The highest BCUT2D eigenvalue weighted by molar-refractivity contribution is 6.21. The van der Waals surface area contributed by atoms with Gasteiger partial charge >= 0.3 is 15.9 Å². The Hall–Kier alpha value is -2.09. The molecule has 1 radical (unpaired) electrons. The highest BCUT2D eigenvalue weighted by Crippen LogP contribution is 2.37. The van der Waals surface area contributed by atoms with Gasteiger partial charge in [0.2, 0.25) is 0 Å². The molecule has 1 aliphatic heterocycles. The summed E-state index contributed by atoms with van der Waals surface area (Å²) in [6.45, 7) is 22.3. The van der Waals surface area contributed by atoms with Crippen molar-refractivity contribution >= 4 is 28.3 Å². The van der Waals surface area contributed by atoms with E-state index in [4.69, 9.17) is 17.6 Å². The smallest absolute Gasteiger partial charge is 0.615 e. The van der Waals surface area contributed by atoms with Crippen molar-refractivity contribution in [3.63, 3.8) is 0 Å². The van der Waals surface area contributed by atoms with Crippen molar-refractivity contribution in [2.75, 3.05) is 6.54 Å². The fourth-order valence-corrected chi connectivity index (χ4v) is 4.71. The third kappa shape index (κ3) is 6.28. The third-order valence-electron chi connectivity index (χ3n) is 5.73. The Morgan fingerprint density at radius 1 is 0.758 bits per heavy atom. The fourth-order valence-electron chi connectivity index (χ4n) is 3.94. The molecule has 0 N–H and O–H groups in total. The first-order valence-corrected chi connectivity index (χ1v) is 12.6. The Labute approximate surface area is 206 Å². The summed E-state index contributed by atoms with van der Waals surface area (Å²) in [4.78, 5) is 9.68. The SMILES string of the molecule is Cc1cc2c(c(C(C)(C)C)c1)[O][Al][O]c1c(cc(C)cc1C(C)(C)C)C=NC(C)(C)CN=C2. The van der Waals surface area contributed by atoms with Crippen LogP contribution in [0.3, 0.4) is 0 Å². The molecule has 5 heteroatoms. The molecule has 1 aliphatic rings. The van der Waals surface area contributed by atoms with Crippen LogP contribution in [0.15, 0.2) is 34.3 Å². The first-order chi connectivity index (χ1) is 15.2. The molecule has 0 bridgehead atoms. The monoisotopic (exact) mass is 461 g/mol. The van der Waals surface area contributed by atoms with Crippen LogP contribution in [0.5, 0.6) is 11.5 Å². The van der Waals surface area contributed by atoms with E-state index in [-0.39, 0.29) is 16.4 Å². The van der Waals surface area contributed by atoms with Crippen molar-refractivity contribution in [3.05, 3.63) is 57.6 Å². The summed E-state index contributed by atoms with van der Waals surface area (Å²) in [6, 6.07) is 8.72. The van der Waals surface area contributed by atoms with Crippen molar-refractivity contribution in [1.29, 1.82) is 0 Å². The van der Waals surface area contributed by atoms with E-state index < -0.39 is 15.9 Å². The third-order valence-corrected chi connectivity index (χ3v) is 6.40. The Morgan fingerprint density at radius 3 is 1.67 bits per heavy atom. The second-order valence-corrected chi connectivity index (χ2v) is 12.5. The molecule has 3 rings (SSSR count). The average molecular weight is 462 g/mol. The predicted octanol–water partition coefficient (Wildman–Crippen LogP) is 6.52. The van der Waals surface area contributed by atoms with Crippen LogP contribution < -0.4 is 7.58 Å². The number of benzene rings is 2. The molecule has 0 saturated heterocycles. The zero-order chi connectivity index (χ0) is 24.6. The van der Waals surface area contributed by atoms with Gasteiger partial charge in [-0.1, -0.05) is 53.7 Å². The van der Waals surface area contributed by atoms with Gasteiger partial charge in [-0.2, -0.15) is 0 Å². The molecule has 0 fully saturated rings. The van der Waals surface area contributed by atoms with Gasteiger partial charge in [0.15, 0.2) is 0 Å². The molecule has 0 aliphatic carbocycles. The average Bonchev–Trinajstić information content (AvgIpc) is 2.67. The van der Waals surface area contributed by atoms with Crippen molar-refractivity contribution in [1.82, 2.24) is 0 Å². The number of aliphatic imine (C=N–C) groups is 2. The molecular weight excluding hydrogens is 423 g/mol. The quantitative estimate of drug-likeness (QED) is 0.419. The second-order valence-electron chi connectivity index (χ2n) is 11.8. The van der Waals surface area contributed by atoms with Crippen LogP contribution in [-0.4, -0.2) is 40.4 Å². The Morgan fingerprint density at radius 2 is 1.21 bits per heavy atom. The van der Waals surface area contributed by atoms with E-state index >= 15 is 0 Å². The van der Waals surface area contributed by atoms with Crippen LogP contribution in [-0.2, 0) is 10.8 Å². The minimum Gasteiger partial charge on any atom is -0.615 e. The molecule has 0 spiro atoms. The molecule has 0 amide bonds. The molecular formula is C28H38AlN2O2. The second kappa shape index (κ2) is 9.28. The van der Waals surface area contributed by atoms with Gasteiger partial charge in [-0.3, -0.25) is 9.98 Å². The first-order valence-electron chi connectivity index (χ1n) is 11.7. The topological polar surface area (TPSA) is 43.2 Å². The lowest BCUT2D eigenvalue weighted by atomic mass is 9.84. The van der Waals surface area contributed by atoms with Crippen molar-refractivity contribution < 1.29 is 7.58 Å². The summed E-state index contributed by atoms with van der Waals surface area (Å²) in [6.07, 6.45) is 3.88. The molecule has 33 heavy (non-hydrogen) atoms. The number of hydrogen-bond acceptors (Lipinski definition) is 4. The molecule has 0 unspecified atom stereocenters. The van der Waals surface area contributed by atoms with E-state index in [1.54, 1.807) is 0 Å². The molecule has 0 aromatic heterocycles. The number of nitrogens with zero attached hydrogens (tertiary/aromatic N) is 2. The molecule has 0 saturated carbocycles. The molecule has 1 heterocycles. The number of fused-ring (bicyclic) bond motifs is 2. The summed E-state index contributed by atoms with van der Waals surface area (Å²) in [5.41, 5.74) is 6.26. The maximum atomic E-state index is 6.46. The minimum absolute atomic E-state index is 0.0642. The van der Waals surface area contributed by atoms with E-state index in [9.17, 15) is 0 Å². The Kier molecular flexibility index (Phi) is 7.18. The van der Waals surface area contributed by atoms with Crippen LogP contribution in [0.25, 0.3) is 0 Å². The normalized spacial score (nSPS) is 16.2. The zero-order valence-corrected chi connectivity index (χ0v) is 23.1. The first kappa shape index (κ1) is 25.5. The maximum Gasteiger partial charge on any atom is 0.881 e. The standard InChI is InChI=1S/C28H40N2O2.Al/c1-18-11-20(24(31)22(13-18)26(3,4)5)15-29-17-28(9,10)30-16-21-12-19(2)14-23(25(21)32)27(6,7)8;/h11-16,31-32H,17H2,1-10H3;/q;+2/p-2. The van der Waals surface area contributed by atoms with Gasteiger partial charge in [0, 0.05) is 23.6 Å². The van der Waals surface area contributed by atoms with Crippen molar-refractivity contribution in [3.8, 4) is 11.5 Å². The van der Waals surface area contributed by atoms with Gasteiger partial charge < -0.3 is 7.58 Å². The highest BCUT2D eigenvalue weighted by atomic mass is 27.2. The van der Waals surface area contributed by atoms with Gasteiger partial charge in [-0.25, -0.2) is 0 Å². The van der Waals surface area contributed by atoms with Gasteiger partial charge in [0.1, 0.15) is 0 Å². The highest BCUT2D eigenvalue weighted by Gasteiger charge is 2.26. The van der Waals surface area contributed by atoms with Crippen LogP contribution >= 0.6 is 0 Å².